The number of fused-ring (bicyclic) bond motifs is 1. The summed E-state index contributed by atoms with van der Waals surface area (Å²) >= 11 is 0. The van der Waals surface area contributed by atoms with Crippen molar-refractivity contribution in [2.24, 2.45) is 5.41 Å². The first-order valence-electron chi connectivity index (χ1n) is 11.6. The van der Waals surface area contributed by atoms with Crippen LogP contribution in [0.1, 0.15) is 30.1 Å². The molecule has 1 saturated carbocycles. The molecule has 1 aliphatic carbocycles. The molecule has 1 aliphatic heterocycles. The van der Waals surface area contributed by atoms with Gasteiger partial charge in [0.05, 0.1) is 17.1 Å². The number of aromatic hydroxyl groups is 1. The molecule has 4 aromatic rings. The third kappa shape index (κ3) is 3.93. The molecule has 3 aromatic heterocycles. The number of hydrogen-bond acceptors (Lipinski definition) is 5. The summed E-state index contributed by atoms with van der Waals surface area (Å²) < 4.78 is 42.4. The van der Waals surface area contributed by atoms with Crippen molar-refractivity contribution in [3.05, 3.63) is 66.0 Å². The molecule has 9 heteroatoms. The van der Waals surface area contributed by atoms with Crippen LogP contribution in [0.25, 0.3) is 28.0 Å². The maximum Gasteiger partial charge on any atom is 0.245 e. The first-order valence-corrected chi connectivity index (χ1v) is 11.6. The van der Waals surface area contributed by atoms with E-state index in [1.807, 2.05) is 6.07 Å². The SMILES string of the molecule is Cc1cn2cc(-c3ccc(-c4ccc(C5CN(CC6(C(F)F)CC6)C5)nn4)c(O)c3)cc(F)c2n1. The summed E-state index contributed by atoms with van der Waals surface area (Å²) in [5.41, 5.74) is 3.33. The molecule has 6 nitrogen and oxygen atoms in total. The Bertz CT molecular complexity index is 1410. The van der Waals surface area contributed by atoms with Crippen LogP contribution in [0.2, 0.25) is 0 Å². The Morgan fingerprint density at radius 1 is 1.06 bits per heavy atom. The van der Waals surface area contributed by atoms with Gasteiger partial charge >= 0.3 is 0 Å². The van der Waals surface area contributed by atoms with Gasteiger partial charge in [-0.25, -0.2) is 18.2 Å². The van der Waals surface area contributed by atoms with Crippen LogP contribution in [-0.4, -0.2) is 55.6 Å². The predicted octanol–water partition coefficient (Wildman–Crippen LogP) is 5.06. The smallest absolute Gasteiger partial charge is 0.245 e. The number of hydrogen-bond donors (Lipinski definition) is 1. The van der Waals surface area contributed by atoms with E-state index >= 15 is 0 Å². The average molecular weight is 480 g/mol. The molecule has 0 unspecified atom stereocenters. The van der Waals surface area contributed by atoms with Crippen LogP contribution < -0.4 is 0 Å². The van der Waals surface area contributed by atoms with Gasteiger partial charge in [0, 0.05) is 54.5 Å². The van der Waals surface area contributed by atoms with Gasteiger partial charge in [-0.05, 0) is 55.7 Å². The zero-order valence-corrected chi connectivity index (χ0v) is 19.1. The van der Waals surface area contributed by atoms with Crippen molar-refractivity contribution in [3.63, 3.8) is 0 Å². The lowest BCUT2D eigenvalue weighted by molar-refractivity contribution is 0.0149. The molecule has 0 atom stereocenters. The molecule has 0 radical (unpaired) electrons. The number of pyridine rings is 1. The molecule has 1 aromatic carbocycles. The number of benzene rings is 1. The molecular weight excluding hydrogens is 455 g/mol. The highest BCUT2D eigenvalue weighted by molar-refractivity contribution is 5.74. The highest BCUT2D eigenvalue weighted by Crippen LogP contribution is 2.52. The molecule has 0 amide bonds. The van der Waals surface area contributed by atoms with Crippen LogP contribution in [0, 0.1) is 18.2 Å². The fourth-order valence-corrected chi connectivity index (χ4v) is 4.91. The van der Waals surface area contributed by atoms with Crippen LogP contribution in [-0.2, 0) is 0 Å². The Morgan fingerprint density at radius 2 is 1.86 bits per heavy atom. The predicted molar refractivity (Wildman–Crippen MR) is 125 cm³/mol. The van der Waals surface area contributed by atoms with E-state index in [-0.39, 0.29) is 17.3 Å². The summed E-state index contributed by atoms with van der Waals surface area (Å²) in [6, 6.07) is 10.2. The van der Waals surface area contributed by atoms with Crippen LogP contribution >= 0.6 is 0 Å². The third-order valence-electron chi connectivity index (χ3n) is 7.19. The van der Waals surface area contributed by atoms with E-state index in [1.54, 1.807) is 48.0 Å². The molecule has 1 saturated heterocycles. The number of rotatable bonds is 6. The molecule has 0 bridgehead atoms. The molecule has 1 N–H and O–H groups in total. The van der Waals surface area contributed by atoms with Crippen molar-refractivity contribution in [2.45, 2.75) is 32.1 Å². The largest absolute Gasteiger partial charge is 0.507 e. The summed E-state index contributed by atoms with van der Waals surface area (Å²) in [5.74, 6) is -0.238. The van der Waals surface area contributed by atoms with E-state index in [9.17, 15) is 18.3 Å². The number of phenolic OH excluding ortho intramolecular Hbond substituents is 1. The normalized spacial score (nSPS) is 17.7. The van der Waals surface area contributed by atoms with Gasteiger partial charge < -0.3 is 14.4 Å². The van der Waals surface area contributed by atoms with Gasteiger partial charge in [-0.3, -0.25) is 0 Å². The molecule has 2 fully saturated rings. The Kier molecular flexibility index (Phi) is 5.07. The summed E-state index contributed by atoms with van der Waals surface area (Å²) in [7, 11) is 0. The van der Waals surface area contributed by atoms with Crippen LogP contribution in [0.5, 0.6) is 5.75 Å². The van der Waals surface area contributed by atoms with Crippen LogP contribution in [0.15, 0.2) is 48.8 Å². The Balaban J connectivity index is 1.16. The molecule has 2 aliphatic rings. The van der Waals surface area contributed by atoms with Gasteiger partial charge in [-0.15, -0.1) is 0 Å². The lowest BCUT2D eigenvalue weighted by Crippen LogP contribution is -2.48. The standard InChI is InChI=1S/C26H24F3N5O/c1-15-10-34-13-17(8-20(27)24(34)30-15)16-2-3-19(23(35)9-16)22-5-4-21(31-32-22)18-11-33(12-18)14-26(6-7-26)25(28)29/h2-5,8-10,13,18,25,35H,6-7,11-12,14H2,1H3. The van der Waals surface area contributed by atoms with Gasteiger partial charge in [0.1, 0.15) is 5.75 Å². The highest BCUT2D eigenvalue weighted by atomic mass is 19.3. The molecule has 180 valence electrons. The lowest BCUT2D eigenvalue weighted by Gasteiger charge is -2.40. The van der Waals surface area contributed by atoms with Gasteiger partial charge in [-0.1, -0.05) is 6.07 Å². The molecule has 4 heterocycles. The maximum absolute atomic E-state index is 14.5. The van der Waals surface area contributed by atoms with E-state index < -0.39 is 17.7 Å². The van der Waals surface area contributed by atoms with Gasteiger partial charge in [0.2, 0.25) is 6.43 Å². The Morgan fingerprint density at radius 3 is 2.51 bits per heavy atom. The Hall–Kier alpha value is -3.46. The highest BCUT2D eigenvalue weighted by Gasteiger charge is 2.53. The fraction of sp³-hybridized carbons (Fsp3) is 0.346. The van der Waals surface area contributed by atoms with Crippen LogP contribution in [0.4, 0.5) is 13.2 Å². The first kappa shape index (κ1) is 22.0. The number of aromatic nitrogens is 4. The summed E-state index contributed by atoms with van der Waals surface area (Å²) in [5, 5.41) is 19.3. The van der Waals surface area contributed by atoms with Gasteiger partial charge in [0.25, 0.3) is 0 Å². The monoisotopic (exact) mass is 479 g/mol. The molecular formula is C26H24F3N5O. The van der Waals surface area contributed by atoms with E-state index in [1.165, 1.54) is 6.07 Å². The average Bonchev–Trinajstić information content (AvgIpc) is 3.50. The minimum Gasteiger partial charge on any atom is -0.507 e. The van der Waals surface area contributed by atoms with Crippen molar-refractivity contribution < 1.29 is 18.3 Å². The second kappa shape index (κ2) is 8.05. The first-order chi connectivity index (χ1) is 16.8. The lowest BCUT2D eigenvalue weighted by atomic mass is 9.93. The third-order valence-corrected chi connectivity index (χ3v) is 7.19. The van der Waals surface area contributed by atoms with Crippen molar-refractivity contribution >= 4 is 5.65 Å². The van der Waals surface area contributed by atoms with E-state index in [0.717, 1.165) is 11.4 Å². The molecule has 0 spiro atoms. The zero-order valence-electron chi connectivity index (χ0n) is 19.1. The second-order valence-electron chi connectivity index (χ2n) is 9.82. The minimum atomic E-state index is -2.25. The Labute approximate surface area is 200 Å². The van der Waals surface area contributed by atoms with Crippen molar-refractivity contribution in [3.8, 4) is 28.1 Å². The minimum absolute atomic E-state index is 0.0171. The summed E-state index contributed by atoms with van der Waals surface area (Å²) in [4.78, 5) is 6.23. The van der Waals surface area contributed by atoms with Gasteiger partial charge in [-0.2, -0.15) is 10.2 Å². The number of halogens is 3. The zero-order chi connectivity index (χ0) is 24.3. The molecule has 35 heavy (non-hydrogen) atoms. The van der Waals surface area contributed by atoms with Crippen molar-refractivity contribution in [1.29, 1.82) is 0 Å². The second-order valence-corrected chi connectivity index (χ2v) is 9.82. The van der Waals surface area contributed by atoms with Gasteiger partial charge in [0.15, 0.2) is 11.5 Å². The fourth-order valence-electron chi connectivity index (χ4n) is 4.91. The number of imidazole rings is 1. The topological polar surface area (TPSA) is 66.5 Å². The van der Waals surface area contributed by atoms with E-state index in [4.69, 9.17) is 0 Å². The summed E-state index contributed by atoms with van der Waals surface area (Å²) in [6.45, 7) is 3.67. The quantitative estimate of drug-likeness (QED) is 0.419. The maximum atomic E-state index is 14.5. The molecule has 6 rings (SSSR count). The number of likely N-dealkylation sites (tertiary alicyclic amines) is 1. The number of alkyl halides is 2. The van der Waals surface area contributed by atoms with Crippen molar-refractivity contribution in [1.82, 2.24) is 24.5 Å². The van der Waals surface area contributed by atoms with Crippen LogP contribution in [0.3, 0.4) is 0 Å². The van der Waals surface area contributed by atoms with E-state index in [2.05, 4.69) is 20.1 Å². The number of aryl methyl sites for hydroxylation is 1. The van der Waals surface area contributed by atoms with Crippen molar-refractivity contribution in [2.75, 3.05) is 19.6 Å². The number of phenols is 1. The summed E-state index contributed by atoms with van der Waals surface area (Å²) in [6.07, 6.45) is 2.48. The van der Waals surface area contributed by atoms with E-state index in [0.29, 0.717) is 54.9 Å². The number of nitrogens with zero attached hydrogens (tertiary/aromatic N) is 5.